The molecule has 0 saturated carbocycles. The van der Waals surface area contributed by atoms with E-state index in [-0.39, 0.29) is 18.7 Å². The number of carbonyl (C=O) groups excluding carboxylic acids is 2. The van der Waals surface area contributed by atoms with Gasteiger partial charge < -0.3 is 10.2 Å². The molecule has 0 aliphatic carbocycles. The molecule has 0 saturated heterocycles. The average Bonchev–Trinajstić information content (AvgIpc) is 2.87. The molecule has 0 spiro atoms. The van der Waals surface area contributed by atoms with Crippen molar-refractivity contribution in [2.45, 2.75) is 51.5 Å². The quantitative estimate of drug-likeness (QED) is 0.297. The van der Waals surface area contributed by atoms with Crippen molar-refractivity contribution in [1.29, 1.82) is 0 Å². The lowest BCUT2D eigenvalue weighted by Crippen LogP contribution is -2.56. The lowest BCUT2D eigenvalue weighted by molar-refractivity contribution is -0.140. The van der Waals surface area contributed by atoms with Gasteiger partial charge in [-0.05, 0) is 62.2 Å². The van der Waals surface area contributed by atoms with Crippen LogP contribution in [0.2, 0.25) is 0 Å². The smallest absolute Gasteiger partial charge is 0.350 e. The molecule has 12 heteroatoms. The molecule has 0 bridgehead atoms. The Morgan fingerprint density at radius 1 is 0.905 bits per heavy atom. The summed E-state index contributed by atoms with van der Waals surface area (Å²) in [5.41, 5.74) is -0.603. The first kappa shape index (κ1) is 33.1. The zero-order valence-electron chi connectivity index (χ0n) is 23.7. The summed E-state index contributed by atoms with van der Waals surface area (Å²) in [6.07, 6.45) is -3.79. The van der Waals surface area contributed by atoms with Crippen LogP contribution in [0.5, 0.6) is 0 Å². The standard InChI is InChI=1S/C30H33BrF3N3O4S/c1-29(2,3)35-28(39)26(17-21-10-6-5-7-11-21)36(19-22-12-8-14-24(31)16-22)27(38)20-37(42(4,40)41)25-15-9-13-23(18-25)30(32,33)34/h5-16,18,26H,17,19-20H2,1-4H3,(H,35,39)/t26-/m1/s1. The Morgan fingerprint density at radius 2 is 1.52 bits per heavy atom. The number of hydrogen-bond acceptors (Lipinski definition) is 4. The van der Waals surface area contributed by atoms with E-state index in [1.165, 1.54) is 11.0 Å². The molecule has 3 aromatic carbocycles. The second-order valence-electron chi connectivity index (χ2n) is 10.9. The van der Waals surface area contributed by atoms with Gasteiger partial charge in [0.15, 0.2) is 0 Å². The van der Waals surface area contributed by atoms with Crippen molar-refractivity contribution in [2.75, 3.05) is 17.1 Å². The number of nitrogens with one attached hydrogen (secondary N) is 1. The Kier molecular flexibility index (Phi) is 10.5. The van der Waals surface area contributed by atoms with Crippen LogP contribution < -0.4 is 9.62 Å². The molecule has 0 aliphatic rings. The van der Waals surface area contributed by atoms with Crippen molar-refractivity contribution in [2.24, 2.45) is 0 Å². The van der Waals surface area contributed by atoms with Crippen LogP contribution in [0.25, 0.3) is 0 Å². The molecule has 1 N–H and O–H groups in total. The first-order chi connectivity index (χ1) is 19.4. The Labute approximate surface area is 252 Å². The Balaban J connectivity index is 2.10. The number of hydrogen-bond donors (Lipinski definition) is 1. The summed E-state index contributed by atoms with van der Waals surface area (Å²) in [6, 6.07) is 18.8. The van der Waals surface area contributed by atoms with Gasteiger partial charge in [0.25, 0.3) is 0 Å². The molecule has 0 fully saturated rings. The summed E-state index contributed by atoms with van der Waals surface area (Å²) >= 11 is 3.41. The number of halogens is 4. The van der Waals surface area contributed by atoms with Crippen LogP contribution in [-0.2, 0) is 38.8 Å². The number of amides is 2. The monoisotopic (exact) mass is 667 g/mol. The third-order valence-corrected chi connectivity index (χ3v) is 7.79. The maximum absolute atomic E-state index is 14.1. The molecule has 0 heterocycles. The van der Waals surface area contributed by atoms with Gasteiger partial charge in [-0.15, -0.1) is 0 Å². The summed E-state index contributed by atoms with van der Waals surface area (Å²) < 4.78 is 67.3. The van der Waals surface area contributed by atoms with Crippen molar-refractivity contribution < 1.29 is 31.2 Å². The van der Waals surface area contributed by atoms with Gasteiger partial charge in [0, 0.05) is 23.0 Å². The predicted octanol–water partition coefficient (Wildman–Crippen LogP) is 5.79. The minimum Gasteiger partial charge on any atom is -0.350 e. The number of sulfonamides is 1. The molecule has 0 aliphatic heterocycles. The van der Waals surface area contributed by atoms with E-state index in [4.69, 9.17) is 0 Å². The van der Waals surface area contributed by atoms with Gasteiger partial charge in [-0.25, -0.2) is 8.42 Å². The van der Waals surface area contributed by atoms with Crippen molar-refractivity contribution in [1.82, 2.24) is 10.2 Å². The van der Waals surface area contributed by atoms with Crippen LogP contribution in [-0.4, -0.2) is 49.5 Å². The van der Waals surface area contributed by atoms with E-state index in [1.54, 1.807) is 57.2 Å². The third kappa shape index (κ3) is 9.59. The van der Waals surface area contributed by atoms with Gasteiger partial charge in [-0.1, -0.05) is 64.5 Å². The van der Waals surface area contributed by atoms with Gasteiger partial charge >= 0.3 is 6.18 Å². The fourth-order valence-corrected chi connectivity index (χ4v) is 5.58. The van der Waals surface area contributed by atoms with Gasteiger partial charge in [-0.2, -0.15) is 13.2 Å². The summed E-state index contributed by atoms with van der Waals surface area (Å²) in [4.78, 5) is 29.0. The second kappa shape index (κ2) is 13.3. The summed E-state index contributed by atoms with van der Waals surface area (Å²) in [6.45, 7) is 4.51. The van der Waals surface area contributed by atoms with E-state index in [2.05, 4.69) is 21.2 Å². The van der Waals surface area contributed by atoms with E-state index < -0.39 is 51.7 Å². The lowest BCUT2D eigenvalue weighted by Gasteiger charge is -2.35. The molecule has 0 unspecified atom stereocenters. The van der Waals surface area contributed by atoms with E-state index in [1.807, 2.05) is 18.2 Å². The van der Waals surface area contributed by atoms with E-state index in [0.717, 1.165) is 28.4 Å². The zero-order valence-corrected chi connectivity index (χ0v) is 26.1. The minimum atomic E-state index is -4.72. The first-order valence-corrected chi connectivity index (χ1v) is 15.6. The van der Waals surface area contributed by atoms with Gasteiger partial charge in [0.1, 0.15) is 12.6 Å². The number of nitrogens with zero attached hydrogens (tertiary/aromatic N) is 2. The first-order valence-electron chi connectivity index (χ1n) is 13.0. The molecule has 3 rings (SSSR count). The normalized spacial score (nSPS) is 12.9. The van der Waals surface area contributed by atoms with Crippen LogP contribution in [0, 0.1) is 0 Å². The van der Waals surface area contributed by atoms with E-state index in [9.17, 15) is 31.2 Å². The van der Waals surface area contributed by atoms with Gasteiger partial charge in [0.2, 0.25) is 21.8 Å². The average molecular weight is 669 g/mol. The highest BCUT2D eigenvalue weighted by atomic mass is 79.9. The molecule has 2 amide bonds. The fourth-order valence-electron chi connectivity index (χ4n) is 4.29. The molecule has 226 valence electrons. The van der Waals surface area contributed by atoms with Crippen LogP contribution in [0.4, 0.5) is 18.9 Å². The summed E-state index contributed by atoms with van der Waals surface area (Å²) in [5.74, 6) is -1.22. The number of alkyl halides is 3. The van der Waals surface area contributed by atoms with Crippen molar-refractivity contribution in [3.63, 3.8) is 0 Å². The Morgan fingerprint density at radius 3 is 2.10 bits per heavy atom. The van der Waals surface area contributed by atoms with Crippen LogP contribution in [0.15, 0.2) is 83.3 Å². The van der Waals surface area contributed by atoms with Crippen LogP contribution in [0.1, 0.15) is 37.5 Å². The Bertz CT molecular complexity index is 1510. The fraction of sp³-hybridized carbons (Fsp3) is 0.333. The summed E-state index contributed by atoms with van der Waals surface area (Å²) in [5, 5.41) is 2.91. The maximum atomic E-state index is 14.1. The zero-order chi connectivity index (χ0) is 31.3. The number of carbonyl (C=O) groups is 2. The molecule has 1 atom stereocenters. The number of benzene rings is 3. The predicted molar refractivity (Wildman–Crippen MR) is 160 cm³/mol. The highest BCUT2D eigenvalue weighted by molar-refractivity contribution is 9.10. The summed E-state index contributed by atoms with van der Waals surface area (Å²) in [7, 11) is -4.21. The van der Waals surface area contributed by atoms with Crippen LogP contribution in [0.3, 0.4) is 0 Å². The minimum absolute atomic E-state index is 0.0620. The Hall–Kier alpha value is -3.38. The van der Waals surface area contributed by atoms with Crippen molar-refractivity contribution >= 4 is 43.5 Å². The molecule has 42 heavy (non-hydrogen) atoms. The highest BCUT2D eigenvalue weighted by Crippen LogP contribution is 2.32. The van der Waals surface area contributed by atoms with E-state index in [0.29, 0.717) is 15.9 Å². The van der Waals surface area contributed by atoms with Crippen LogP contribution >= 0.6 is 15.9 Å². The number of rotatable bonds is 10. The van der Waals surface area contributed by atoms with Gasteiger partial charge in [-0.3, -0.25) is 13.9 Å². The topological polar surface area (TPSA) is 86.8 Å². The largest absolute Gasteiger partial charge is 0.416 e. The maximum Gasteiger partial charge on any atom is 0.416 e. The number of anilines is 1. The lowest BCUT2D eigenvalue weighted by atomic mass is 10.0. The highest BCUT2D eigenvalue weighted by Gasteiger charge is 2.35. The SMILES string of the molecule is CC(C)(C)NC(=O)[C@@H](Cc1ccccc1)N(Cc1cccc(Br)c1)C(=O)CN(c1cccc(C(F)(F)F)c1)S(C)(=O)=O. The van der Waals surface area contributed by atoms with Gasteiger partial charge in [0.05, 0.1) is 17.5 Å². The van der Waals surface area contributed by atoms with E-state index >= 15 is 0 Å². The van der Waals surface area contributed by atoms with Crippen molar-refractivity contribution in [3.8, 4) is 0 Å². The molecule has 0 radical (unpaired) electrons. The van der Waals surface area contributed by atoms with Crippen molar-refractivity contribution in [3.05, 3.63) is 100 Å². The second-order valence-corrected chi connectivity index (χ2v) is 13.7. The molecular weight excluding hydrogens is 635 g/mol. The molecule has 3 aromatic rings. The molecular formula is C30H33BrF3N3O4S. The molecule has 7 nitrogen and oxygen atoms in total. The third-order valence-electron chi connectivity index (χ3n) is 6.15. The molecule has 0 aromatic heterocycles.